The summed E-state index contributed by atoms with van der Waals surface area (Å²) in [6.45, 7) is 6.53. The number of aliphatic carboxylic acids is 1. The Bertz CT molecular complexity index is 446. The molecule has 0 spiro atoms. The Hall–Kier alpha value is -1.46. The molecule has 0 aliphatic heterocycles. The van der Waals surface area contributed by atoms with E-state index in [9.17, 15) is 4.79 Å². The molecule has 1 saturated carbocycles. The molecule has 0 radical (unpaired) electrons. The van der Waals surface area contributed by atoms with Crippen molar-refractivity contribution in [2.24, 2.45) is 11.3 Å². The van der Waals surface area contributed by atoms with E-state index in [4.69, 9.17) is 5.11 Å². The number of aromatic nitrogens is 4. The molecular weight excluding hydrogens is 244 g/mol. The molecule has 1 aliphatic rings. The zero-order chi connectivity index (χ0) is 14.0. The Morgan fingerprint density at radius 2 is 2.16 bits per heavy atom. The third-order valence-electron chi connectivity index (χ3n) is 3.52. The fraction of sp³-hybridized carbons (Fsp3) is 0.846. The van der Waals surface area contributed by atoms with Crippen molar-refractivity contribution in [2.75, 3.05) is 0 Å². The number of carboxylic acids is 1. The Balaban J connectivity index is 2.10. The second kappa shape index (κ2) is 5.27. The van der Waals surface area contributed by atoms with Crippen LogP contribution in [0.25, 0.3) is 0 Å². The van der Waals surface area contributed by atoms with Gasteiger partial charge >= 0.3 is 5.97 Å². The van der Waals surface area contributed by atoms with Crippen LogP contribution in [-0.4, -0.2) is 31.3 Å². The first-order valence-corrected chi connectivity index (χ1v) is 6.85. The van der Waals surface area contributed by atoms with Crippen LogP contribution in [-0.2, 0) is 11.2 Å². The summed E-state index contributed by atoms with van der Waals surface area (Å²) in [5.74, 6) is 0.454. The van der Waals surface area contributed by atoms with Crippen molar-refractivity contribution in [3.8, 4) is 0 Å². The number of carboxylic acid groups (broad SMARTS) is 1. The minimum absolute atomic E-state index is 0.0810. The molecule has 2 rings (SSSR count). The van der Waals surface area contributed by atoms with E-state index in [1.807, 2.05) is 0 Å². The van der Waals surface area contributed by atoms with Crippen molar-refractivity contribution in [3.63, 3.8) is 0 Å². The van der Waals surface area contributed by atoms with Crippen LogP contribution in [0.15, 0.2) is 0 Å². The Morgan fingerprint density at radius 3 is 2.68 bits per heavy atom. The van der Waals surface area contributed by atoms with Crippen LogP contribution in [0.1, 0.15) is 58.3 Å². The lowest BCUT2D eigenvalue weighted by Gasteiger charge is -2.19. The molecule has 0 amide bonds. The summed E-state index contributed by atoms with van der Waals surface area (Å²) in [5.41, 5.74) is 0.221. The fourth-order valence-corrected chi connectivity index (χ4v) is 2.23. The number of hydrogen-bond donors (Lipinski definition) is 1. The molecule has 106 valence electrons. The SMILES string of the molecule is CC(C)(C)CCc1nnnn1C(CC(=O)O)C1CC1. The molecule has 1 atom stereocenters. The van der Waals surface area contributed by atoms with Gasteiger partial charge in [0.25, 0.3) is 0 Å². The van der Waals surface area contributed by atoms with E-state index < -0.39 is 5.97 Å². The maximum Gasteiger partial charge on any atom is 0.305 e. The van der Waals surface area contributed by atoms with Gasteiger partial charge in [-0.15, -0.1) is 5.10 Å². The number of tetrazole rings is 1. The Kier molecular flexibility index (Phi) is 3.87. The Morgan fingerprint density at radius 1 is 1.47 bits per heavy atom. The van der Waals surface area contributed by atoms with Crippen LogP contribution >= 0.6 is 0 Å². The van der Waals surface area contributed by atoms with E-state index >= 15 is 0 Å². The highest BCUT2D eigenvalue weighted by atomic mass is 16.4. The highest BCUT2D eigenvalue weighted by molar-refractivity contribution is 5.67. The molecule has 19 heavy (non-hydrogen) atoms. The molecule has 1 fully saturated rings. The lowest BCUT2D eigenvalue weighted by atomic mass is 9.90. The number of hydrogen-bond acceptors (Lipinski definition) is 4. The van der Waals surface area contributed by atoms with Gasteiger partial charge in [0.1, 0.15) is 0 Å². The van der Waals surface area contributed by atoms with Gasteiger partial charge in [-0.25, -0.2) is 4.68 Å². The van der Waals surface area contributed by atoms with Gasteiger partial charge in [0.15, 0.2) is 5.82 Å². The molecule has 1 N–H and O–H groups in total. The highest BCUT2D eigenvalue weighted by Gasteiger charge is 2.36. The first kappa shape index (κ1) is 14.0. The molecule has 1 aromatic heterocycles. The smallest absolute Gasteiger partial charge is 0.305 e. The first-order valence-electron chi connectivity index (χ1n) is 6.85. The zero-order valence-electron chi connectivity index (χ0n) is 11.8. The maximum atomic E-state index is 11.0. The average molecular weight is 266 g/mol. The van der Waals surface area contributed by atoms with Crippen molar-refractivity contribution < 1.29 is 9.90 Å². The summed E-state index contributed by atoms with van der Waals surface area (Å²) in [4.78, 5) is 11.0. The van der Waals surface area contributed by atoms with Gasteiger partial charge < -0.3 is 5.11 Å². The van der Waals surface area contributed by atoms with Gasteiger partial charge in [-0.2, -0.15) is 0 Å². The number of carbonyl (C=O) groups is 1. The minimum atomic E-state index is -0.783. The summed E-state index contributed by atoms with van der Waals surface area (Å²) in [5, 5.41) is 20.8. The summed E-state index contributed by atoms with van der Waals surface area (Å²) in [7, 11) is 0. The quantitative estimate of drug-likeness (QED) is 0.852. The van der Waals surface area contributed by atoms with Crippen LogP contribution in [0, 0.1) is 11.3 Å². The molecule has 1 unspecified atom stereocenters. The van der Waals surface area contributed by atoms with Crippen molar-refractivity contribution in [3.05, 3.63) is 5.82 Å². The van der Waals surface area contributed by atoms with Crippen molar-refractivity contribution in [2.45, 2.75) is 58.9 Å². The molecule has 1 aliphatic carbocycles. The zero-order valence-corrected chi connectivity index (χ0v) is 11.8. The van der Waals surface area contributed by atoms with Gasteiger partial charge in [0, 0.05) is 6.42 Å². The molecule has 6 heteroatoms. The van der Waals surface area contributed by atoms with Gasteiger partial charge in [0.2, 0.25) is 0 Å². The highest BCUT2D eigenvalue weighted by Crippen LogP contribution is 2.41. The summed E-state index contributed by atoms with van der Waals surface area (Å²) in [6.07, 6.45) is 4.04. The molecule has 0 bridgehead atoms. The third-order valence-corrected chi connectivity index (χ3v) is 3.52. The van der Waals surface area contributed by atoms with Gasteiger partial charge in [-0.1, -0.05) is 20.8 Å². The molecule has 0 aromatic carbocycles. The van der Waals surface area contributed by atoms with E-state index in [1.54, 1.807) is 4.68 Å². The molecule has 1 aromatic rings. The standard InChI is InChI=1S/C13H22N4O2/c1-13(2,3)7-6-11-14-15-16-17(11)10(8-12(18)19)9-4-5-9/h9-10H,4-8H2,1-3H3,(H,18,19). The summed E-state index contributed by atoms with van der Waals surface area (Å²) in [6, 6.07) is -0.0810. The summed E-state index contributed by atoms with van der Waals surface area (Å²) < 4.78 is 1.75. The topological polar surface area (TPSA) is 80.9 Å². The van der Waals surface area contributed by atoms with Gasteiger partial charge in [-0.05, 0) is 41.0 Å². The van der Waals surface area contributed by atoms with Gasteiger partial charge in [0.05, 0.1) is 12.5 Å². The molecule has 1 heterocycles. The lowest BCUT2D eigenvalue weighted by molar-refractivity contribution is -0.138. The number of nitrogens with zero attached hydrogens (tertiary/aromatic N) is 4. The molecule has 6 nitrogen and oxygen atoms in total. The lowest BCUT2D eigenvalue weighted by Crippen LogP contribution is -2.20. The van der Waals surface area contributed by atoms with Crippen LogP contribution < -0.4 is 0 Å². The van der Waals surface area contributed by atoms with Crippen molar-refractivity contribution in [1.82, 2.24) is 20.2 Å². The second-order valence-electron chi connectivity index (χ2n) is 6.60. The summed E-state index contributed by atoms with van der Waals surface area (Å²) >= 11 is 0. The molecule has 0 saturated heterocycles. The van der Waals surface area contributed by atoms with Gasteiger partial charge in [-0.3, -0.25) is 4.79 Å². The maximum absolute atomic E-state index is 11.0. The predicted molar refractivity (Wildman–Crippen MR) is 69.6 cm³/mol. The number of aryl methyl sites for hydroxylation is 1. The first-order chi connectivity index (χ1) is 8.87. The van der Waals surface area contributed by atoms with E-state index in [2.05, 4.69) is 36.3 Å². The van der Waals surface area contributed by atoms with E-state index in [1.165, 1.54) is 0 Å². The third kappa shape index (κ3) is 4.01. The van der Waals surface area contributed by atoms with E-state index in [-0.39, 0.29) is 17.9 Å². The van der Waals surface area contributed by atoms with E-state index in [0.717, 1.165) is 31.5 Å². The predicted octanol–water partition coefficient (Wildman–Crippen LogP) is 2.08. The van der Waals surface area contributed by atoms with Crippen LogP contribution in [0.5, 0.6) is 0 Å². The average Bonchev–Trinajstić information content (AvgIpc) is 3.01. The van der Waals surface area contributed by atoms with Crippen molar-refractivity contribution in [1.29, 1.82) is 0 Å². The molecular formula is C13H22N4O2. The van der Waals surface area contributed by atoms with Crippen molar-refractivity contribution >= 4 is 5.97 Å². The van der Waals surface area contributed by atoms with Crippen LogP contribution in [0.2, 0.25) is 0 Å². The normalized spacial score (nSPS) is 17.4. The number of rotatable bonds is 6. The minimum Gasteiger partial charge on any atom is -0.481 e. The van der Waals surface area contributed by atoms with Crippen LogP contribution in [0.3, 0.4) is 0 Å². The monoisotopic (exact) mass is 266 g/mol. The van der Waals surface area contributed by atoms with E-state index in [0.29, 0.717) is 5.92 Å². The largest absolute Gasteiger partial charge is 0.481 e. The van der Waals surface area contributed by atoms with Crippen LogP contribution in [0.4, 0.5) is 0 Å². The fourth-order valence-electron chi connectivity index (χ4n) is 2.23. The second-order valence-corrected chi connectivity index (χ2v) is 6.60. The Labute approximate surface area is 113 Å².